The minimum absolute atomic E-state index is 0.520. The molecule has 0 bridgehead atoms. The van der Waals surface area contributed by atoms with Gasteiger partial charge in [-0.25, -0.2) is 4.79 Å². The van der Waals surface area contributed by atoms with Crippen molar-refractivity contribution in [3.05, 3.63) is 35.9 Å². The highest BCUT2D eigenvalue weighted by Crippen LogP contribution is 2.12. The molecule has 0 unspecified atom stereocenters. The molecule has 70 valence electrons. The van der Waals surface area contributed by atoms with Crippen LogP contribution in [0.2, 0.25) is 0 Å². The van der Waals surface area contributed by atoms with E-state index in [0.717, 1.165) is 0 Å². The zero-order valence-electron chi connectivity index (χ0n) is 7.23. The summed E-state index contributed by atoms with van der Waals surface area (Å²) in [5, 5.41) is 8.73. The summed E-state index contributed by atoms with van der Waals surface area (Å²) in [6, 6.07) is 8.03. The molecule has 0 fully saturated rings. The summed E-state index contributed by atoms with van der Waals surface area (Å²) in [6.07, 6.45) is 0. The fourth-order valence-corrected chi connectivity index (χ4v) is 1.03. The second kappa shape index (κ2) is 4.59. The van der Waals surface area contributed by atoms with E-state index >= 15 is 0 Å². The van der Waals surface area contributed by atoms with Crippen LogP contribution in [-0.2, 0) is 9.53 Å². The summed E-state index contributed by atoms with van der Waals surface area (Å²) in [7, 11) is 1.27. The number of esters is 1. The minimum atomic E-state index is -0.814. The van der Waals surface area contributed by atoms with Crippen LogP contribution in [0.4, 0.5) is 0 Å². The number of hydrogen-bond donors (Lipinski definition) is 2. The number of carbonyl (C=O) groups excluding carboxylic acids is 1. The Balaban J connectivity index is 2.85. The van der Waals surface area contributed by atoms with Gasteiger partial charge in [0.25, 0.3) is 0 Å². The van der Waals surface area contributed by atoms with E-state index in [4.69, 9.17) is 5.21 Å². The molecule has 4 heteroatoms. The predicted molar refractivity (Wildman–Crippen MR) is 46.1 cm³/mol. The molecule has 0 saturated carbocycles. The van der Waals surface area contributed by atoms with Crippen molar-refractivity contribution in [2.75, 3.05) is 7.11 Å². The first-order valence-corrected chi connectivity index (χ1v) is 3.82. The van der Waals surface area contributed by atoms with Crippen molar-refractivity contribution in [3.63, 3.8) is 0 Å². The Labute approximate surface area is 76.1 Å². The fourth-order valence-electron chi connectivity index (χ4n) is 1.03. The zero-order chi connectivity index (χ0) is 9.68. The van der Waals surface area contributed by atoms with Crippen LogP contribution in [0, 0.1) is 0 Å². The van der Waals surface area contributed by atoms with E-state index < -0.39 is 12.0 Å². The molecule has 0 radical (unpaired) electrons. The van der Waals surface area contributed by atoms with E-state index in [2.05, 4.69) is 4.74 Å². The molecule has 13 heavy (non-hydrogen) atoms. The first kappa shape index (κ1) is 9.70. The van der Waals surface area contributed by atoms with Crippen molar-refractivity contribution in [3.8, 4) is 0 Å². The van der Waals surface area contributed by atoms with Crippen LogP contribution < -0.4 is 5.48 Å². The average Bonchev–Trinajstić information content (AvgIpc) is 2.20. The molecular formula is C9H11NO3. The maximum absolute atomic E-state index is 11.1. The van der Waals surface area contributed by atoms with Gasteiger partial charge in [-0.15, -0.1) is 0 Å². The Kier molecular flexibility index (Phi) is 3.42. The standard InChI is InChI=1S/C9H11NO3/c1-13-9(11)8(10-12)7-5-3-2-4-6-7/h2-6,8,10,12H,1H3/t8-/m0/s1. The van der Waals surface area contributed by atoms with Crippen LogP contribution in [0.25, 0.3) is 0 Å². The Morgan fingerprint density at radius 1 is 1.46 bits per heavy atom. The molecular weight excluding hydrogens is 170 g/mol. The Bertz CT molecular complexity index is 273. The lowest BCUT2D eigenvalue weighted by atomic mass is 10.1. The Morgan fingerprint density at radius 3 is 2.54 bits per heavy atom. The van der Waals surface area contributed by atoms with Gasteiger partial charge in [-0.1, -0.05) is 30.3 Å². The predicted octanol–water partition coefficient (Wildman–Crippen LogP) is 0.879. The van der Waals surface area contributed by atoms with Crippen molar-refractivity contribution in [2.45, 2.75) is 6.04 Å². The van der Waals surface area contributed by atoms with Crippen LogP contribution in [-0.4, -0.2) is 18.3 Å². The van der Waals surface area contributed by atoms with Crippen LogP contribution in [0.5, 0.6) is 0 Å². The number of methoxy groups -OCH3 is 1. The second-order valence-corrected chi connectivity index (χ2v) is 2.50. The number of rotatable bonds is 3. The van der Waals surface area contributed by atoms with Gasteiger partial charge in [0.15, 0.2) is 6.04 Å². The molecule has 0 aromatic heterocycles. The lowest BCUT2D eigenvalue weighted by molar-refractivity contribution is -0.146. The summed E-state index contributed by atoms with van der Waals surface area (Å²) in [4.78, 5) is 11.1. The smallest absolute Gasteiger partial charge is 0.329 e. The van der Waals surface area contributed by atoms with Gasteiger partial charge in [-0.05, 0) is 5.56 Å². The summed E-state index contributed by atoms with van der Waals surface area (Å²) >= 11 is 0. The summed E-state index contributed by atoms with van der Waals surface area (Å²) in [6.45, 7) is 0. The van der Waals surface area contributed by atoms with E-state index in [0.29, 0.717) is 5.56 Å². The first-order chi connectivity index (χ1) is 6.29. The molecule has 0 heterocycles. The van der Waals surface area contributed by atoms with Gasteiger partial charge in [-0.2, -0.15) is 5.48 Å². The highest BCUT2D eigenvalue weighted by Gasteiger charge is 2.19. The van der Waals surface area contributed by atoms with Crippen molar-refractivity contribution < 1.29 is 14.7 Å². The zero-order valence-corrected chi connectivity index (χ0v) is 7.23. The van der Waals surface area contributed by atoms with Crippen LogP contribution in [0.15, 0.2) is 30.3 Å². The normalized spacial score (nSPS) is 12.2. The van der Waals surface area contributed by atoms with Crippen molar-refractivity contribution >= 4 is 5.97 Å². The molecule has 0 spiro atoms. The third kappa shape index (κ3) is 2.27. The largest absolute Gasteiger partial charge is 0.468 e. The van der Waals surface area contributed by atoms with E-state index in [1.54, 1.807) is 24.3 Å². The van der Waals surface area contributed by atoms with E-state index in [1.165, 1.54) is 7.11 Å². The Hall–Kier alpha value is -1.39. The molecule has 2 N–H and O–H groups in total. The fraction of sp³-hybridized carbons (Fsp3) is 0.222. The topological polar surface area (TPSA) is 58.6 Å². The van der Waals surface area contributed by atoms with Crippen LogP contribution >= 0.6 is 0 Å². The van der Waals surface area contributed by atoms with Gasteiger partial charge >= 0.3 is 5.97 Å². The van der Waals surface area contributed by atoms with E-state index in [9.17, 15) is 4.79 Å². The number of carbonyl (C=O) groups is 1. The number of benzene rings is 1. The molecule has 1 aromatic rings. The van der Waals surface area contributed by atoms with Gasteiger partial charge in [0.1, 0.15) is 0 Å². The van der Waals surface area contributed by atoms with Gasteiger partial charge in [0, 0.05) is 0 Å². The maximum atomic E-state index is 11.1. The molecule has 1 aromatic carbocycles. The van der Waals surface area contributed by atoms with E-state index in [-0.39, 0.29) is 0 Å². The third-order valence-corrected chi connectivity index (χ3v) is 1.70. The highest BCUT2D eigenvalue weighted by molar-refractivity contribution is 5.77. The first-order valence-electron chi connectivity index (χ1n) is 3.82. The lowest BCUT2D eigenvalue weighted by Gasteiger charge is -2.11. The average molecular weight is 181 g/mol. The molecule has 0 aliphatic rings. The van der Waals surface area contributed by atoms with Crippen molar-refractivity contribution in [1.82, 2.24) is 5.48 Å². The SMILES string of the molecule is COC(=O)[C@@H](NO)c1ccccc1. The quantitative estimate of drug-likeness (QED) is 0.536. The lowest BCUT2D eigenvalue weighted by Crippen LogP contribution is -2.26. The molecule has 0 saturated heterocycles. The summed E-state index contributed by atoms with van der Waals surface area (Å²) in [5.74, 6) is -0.520. The van der Waals surface area contributed by atoms with Gasteiger partial charge in [-0.3, -0.25) is 0 Å². The summed E-state index contributed by atoms with van der Waals surface area (Å²) in [5.41, 5.74) is 2.56. The molecule has 4 nitrogen and oxygen atoms in total. The monoisotopic (exact) mass is 181 g/mol. The number of hydrogen-bond acceptors (Lipinski definition) is 4. The molecule has 0 aliphatic carbocycles. The van der Waals surface area contributed by atoms with Gasteiger partial charge in [0.05, 0.1) is 7.11 Å². The van der Waals surface area contributed by atoms with Crippen LogP contribution in [0.1, 0.15) is 11.6 Å². The van der Waals surface area contributed by atoms with Crippen molar-refractivity contribution in [2.24, 2.45) is 0 Å². The number of ether oxygens (including phenoxy) is 1. The molecule has 0 aliphatic heterocycles. The summed E-state index contributed by atoms with van der Waals surface area (Å²) < 4.78 is 4.50. The van der Waals surface area contributed by atoms with Gasteiger partial charge in [0.2, 0.25) is 0 Å². The number of hydroxylamine groups is 1. The van der Waals surface area contributed by atoms with Crippen molar-refractivity contribution in [1.29, 1.82) is 0 Å². The third-order valence-electron chi connectivity index (χ3n) is 1.70. The number of nitrogens with one attached hydrogen (secondary N) is 1. The molecule has 1 rings (SSSR count). The van der Waals surface area contributed by atoms with Gasteiger partial charge < -0.3 is 9.94 Å². The molecule has 1 atom stereocenters. The molecule has 0 amide bonds. The minimum Gasteiger partial charge on any atom is -0.468 e. The van der Waals surface area contributed by atoms with E-state index in [1.807, 2.05) is 11.5 Å². The maximum Gasteiger partial charge on any atom is 0.329 e. The second-order valence-electron chi connectivity index (χ2n) is 2.50. The van der Waals surface area contributed by atoms with Crippen LogP contribution in [0.3, 0.4) is 0 Å². The highest BCUT2D eigenvalue weighted by atomic mass is 16.5. The Morgan fingerprint density at radius 2 is 2.08 bits per heavy atom.